The van der Waals surface area contributed by atoms with E-state index in [9.17, 15) is 4.79 Å². The Morgan fingerprint density at radius 2 is 2.18 bits per heavy atom. The molecule has 0 saturated carbocycles. The Bertz CT molecular complexity index is 465. The fourth-order valence-corrected chi connectivity index (χ4v) is 2.96. The number of imidazole rings is 1. The number of hydrogen-bond donors (Lipinski definition) is 1. The number of carbonyl (C=O) groups is 1. The molecule has 22 heavy (non-hydrogen) atoms. The van der Waals surface area contributed by atoms with Gasteiger partial charge in [-0.25, -0.2) is 4.98 Å². The van der Waals surface area contributed by atoms with Crippen molar-refractivity contribution >= 4 is 5.91 Å². The van der Waals surface area contributed by atoms with Crippen LogP contribution in [0.3, 0.4) is 0 Å². The molecule has 0 atom stereocenters. The number of likely N-dealkylation sites (tertiary alicyclic amines) is 1. The molecule has 124 valence electrons. The summed E-state index contributed by atoms with van der Waals surface area (Å²) in [7, 11) is 4.22. The Labute approximate surface area is 133 Å². The van der Waals surface area contributed by atoms with E-state index in [0.717, 1.165) is 51.3 Å². The van der Waals surface area contributed by atoms with Crippen molar-refractivity contribution in [3.8, 4) is 0 Å². The van der Waals surface area contributed by atoms with Crippen LogP contribution in [0.1, 0.15) is 25.1 Å². The van der Waals surface area contributed by atoms with Crippen molar-refractivity contribution < 1.29 is 4.79 Å². The summed E-state index contributed by atoms with van der Waals surface area (Å²) in [6.07, 6.45) is 7.02. The molecular weight excluding hydrogens is 278 g/mol. The number of piperidine rings is 1. The SMILES string of the molecule is Cc1nccn1CCCNC(=O)CN(C)C1CCN(C)CC1. The van der Waals surface area contributed by atoms with Gasteiger partial charge in [0.1, 0.15) is 5.82 Å². The molecule has 1 aliphatic heterocycles. The maximum absolute atomic E-state index is 12.0. The largest absolute Gasteiger partial charge is 0.355 e. The molecule has 2 heterocycles. The molecule has 6 heteroatoms. The van der Waals surface area contributed by atoms with Crippen LogP contribution in [0.2, 0.25) is 0 Å². The van der Waals surface area contributed by atoms with E-state index in [2.05, 4.69) is 38.8 Å². The minimum Gasteiger partial charge on any atom is -0.355 e. The first-order chi connectivity index (χ1) is 10.6. The van der Waals surface area contributed by atoms with E-state index in [0.29, 0.717) is 12.6 Å². The predicted molar refractivity (Wildman–Crippen MR) is 87.7 cm³/mol. The van der Waals surface area contributed by atoms with Crippen LogP contribution in [0, 0.1) is 6.92 Å². The monoisotopic (exact) mass is 307 g/mol. The molecule has 1 N–H and O–H groups in total. The lowest BCUT2D eigenvalue weighted by atomic mass is 10.0. The number of nitrogens with zero attached hydrogens (tertiary/aromatic N) is 4. The third-order valence-corrected chi connectivity index (χ3v) is 4.53. The fourth-order valence-electron chi connectivity index (χ4n) is 2.96. The third-order valence-electron chi connectivity index (χ3n) is 4.53. The topological polar surface area (TPSA) is 53.4 Å². The first-order valence-corrected chi connectivity index (χ1v) is 8.19. The summed E-state index contributed by atoms with van der Waals surface area (Å²) in [6, 6.07) is 0.538. The highest BCUT2D eigenvalue weighted by Crippen LogP contribution is 2.13. The van der Waals surface area contributed by atoms with Crippen LogP contribution in [0.4, 0.5) is 0 Å². The van der Waals surface area contributed by atoms with Gasteiger partial charge in [-0.05, 0) is 53.4 Å². The lowest BCUT2D eigenvalue weighted by Crippen LogP contribution is -2.45. The van der Waals surface area contributed by atoms with E-state index in [1.54, 1.807) is 0 Å². The number of aromatic nitrogens is 2. The zero-order chi connectivity index (χ0) is 15.9. The average Bonchev–Trinajstić information content (AvgIpc) is 2.89. The summed E-state index contributed by atoms with van der Waals surface area (Å²) in [6.45, 7) is 6.37. The van der Waals surface area contributed by atoms with Gasteiger partial charge in [0.15, 0.2) is 0 Å². The van der Waals surface area contributed by atoms with Gasteiger partial charge in [-0.15, -0.1) is 0 Å². The lowest BCUT2D eigenvalue weighted by molar-refractivity contribution is -0.122. The molecule has 0 bridgehead atoms. The minimum atomic E-state index is 0.129. The number of likely N-dealkylation sites (N-methyl/N-ethyl adjacent to an activating group) is 1. The van der Waals surface area contributed by atoms with Crippen molar-refractivity contribution in [1.29, 1.82) is 0 Å². The van der Waals surface area contributed by atoms with E-state index in [1.807, 2.05) is 19.3 Å². The second-order valence-electron chi connectivity index (χ2n) is 6.32. The van der Waals surface area contributed by atoms with Crippen molar-refractivity contribution in [3.63, 3.8) is 0 Å². The fraction of sp³-hybridized carbons (Fsp3) is 0.750. The number of hydrogen-bond acceptors (Lipinski definition) is 4. The summed E-state index contributed by atoms with van der Waals surface area (Å²) in [5.74, 6) is 1.15. The molecule has 1 amide bonds. The summed E-state index contributed by atoms with van der Waals surface area (Å²) in [5, 5.41) is 3.02. The Morgan fingerprint density at radius 3 is 2.82 bits per heavy atom. The zero-order valence-corrected chi connectivity index (χ0v) is 14.1. The van der Waals surface area contributed by atoms with Crippen molar-refractivity contribution in [2.24, 2.45) is 0 Å². The van der Waals surface area contributed by atoms with Crippen LogP contribution < -0.4 is 5.32 Å². The standard InChI is InChI=1S/C16H29N5O/c1-14-17-8-12-21(14)9-4-7-18-16(22)13-20(3)15-5-10-19(2)11-6-15/h8,12,15H,4-7,9-11,13H2,1-3H3,(H,18,22). The van der Waals surface area contributed by atoms with Gasteiger partial charge >= 0.3 is 0 Å². The second-order valence-corrected chi connectivity index (χ2v) is 6.32. The lowest BCUT2D eigenvalue weighted by Gasteiger charge is -2.34. The Kier molecular flexibility index (Phi) is 6.39. The second kappa shape index (κ2) is 8.29. The molecule has 2 rings (SSSR count). The first-order valence-electron chi connectivity index (χ1n) is 8.19. The molecule has 1 fully saturated rings. The van der Waals surface area contributed by atoms with Gasteiger partial charge in [0.05, 0.1) is 6.54 Å². The number of aryl methyl sites for hydroxylation is 2. The maximum atomic E-state index is 12.0. The minimum absolute atomic E-state index is 0.129. The van der Waals surface area contributed by atoms with Crippen molar-refractivity contribution in [1.82, 2.24) is 24.7 Å². The highest BCUT2D eigenvalue weighted by Gasteiger charge is 2.21. The van der Waals surface area contributed by atoms with Gasteiger partial charge in [-0.2, -0.15) is 0 Å². The van der Waals surface area contributed by atoms with E-state index >= 15 is 0 Å². The number of rotatable bonds is 7. The molecule has 1 aliphatic rings. The van der Waals surface area contributed by atoms with Gasteiger partial charge < -0.3 is 14.8 Å². The van der Waals surface area contributed by atoms with Crippen LogP contribution in [-0.4, -0.2) is 71.6 Å². The highest BCUT2D eigenvalue weighted by atomic mass is 16.2. The molecule has 1 aromatic heterocycles. The van der Waals surface area contributed by atoms with Crippen molar-refractivity contribution in [2.75, 3.05) is 40.3 Å². The van der Waals surface area contributed by atoms with Crippen LogP contribution in [-0.2, 0) is 11.3 Å². The van der Waals surface area contributed by atoms with Gasteiger partial charge in [0, 0.05) is 31.5 Å². The van der Waals surface area contributed by atoms with Gasteiger partial charge in [-0.1, -0.05) is 0 Å². The van der Waals surface area contributed by atoms with E-state index in [4.69, 9.17) is 0 Å². The molecule has 1 aromatic rings. The van der Waals surface area contributed by atoms with Gasteiger partial charge in [0.2, 0.25) is 5.91 Å². The third kappa shape index (κ3) is 5.10. The summed E-state index contributed by atoms with van der Waals surface area (Å²) in [5.41, 5.74) is 0. The molecule has 0 aliphatic carbocycles. The normalized spacial score (nSPS) is 17.1. The number of nitrogens with one attached hydrogen (secondary N) is 1. The van der Waals surface area contributed by atoms with Crippen molar-refractivity contribution in [2.45, 2.75) is 38.8 Å². The quantitative estimate of drug-likeness (QED) is 0.754. The number of amides is 1. The van der Waals surface area contributed by atoms with Crippen LogP contribution in [0.5, 0.6) is 0 Å². The average molecular weight is 307 g/mol. The van der Waals surface area contributed by atoms with Crippen LogP contribution in [0.15, 0.2) is 12.4 Å². The van der Waals surface area contributed by atoms with Crippen LogP contribution in [0.25, 0.3) is 0 Å². The van der Waals surface area contributed by atoms with E-state index < -0.39 is 0 Å². The molecule has 0 aromatic carbocycles. The van der Waals surface area contributed by atoms with Gasteiger partial charge in [-0.3, -0.25) is 9.69 Å². The predicted octanol–water partition coefficient (Wildman–Crippen LogP) is 0.724. The zero-order valence-electron chi connectivity index (χ0n) is 14.1. The Balaban J connectivity index is 1.60. The van der Waals surface area contributed by atoms with E-state index in [1.165, 1.54) is 0 Å². The smallest absolute Gasteiger partial charge is 0.234 e. The molecule has 0 unspecified atom stereocenters. The molecule has 0 radical (unpaired) electrons. The number of carbonyl (C=O) groups excluding carboxylic acids is 1. The van der Waals surface area contributed by atoms with Crippen molar-refractivity contribution in [3.05, 3.63) is 18.2 Å². The highest BCUT2D eigenvalue weighted by molar-refractivity contribution is 5.77. The Morgan fingerprint density at radius 1 is 1.45 bits per heavy atom. The molecule has 1 saturated heterocycles. The molecular formula is C16H29N5O. The Hall–Kier alpha value is -1.40. The van der Waals surface area contributed by atoms with Gasteiger partial charge in [0.25, 0.3) is 0 Å². The summed E-state index contributed by atoms with van der Waals surface area (Å²) < 4.78 is 2.11. The first kappa shape index (κ1) is 17.0. The maximum Gasteiger partial charge on any atom is 0.234 e. The summed E-state index contributed by atoms with van der Waals surface area (Å²) >= 11 is 0. The molecule has 0 spiro atoms. The summed E-state index contributed by atoms with van der Waals surface area (Å²) in [4.78, 5) is 20.7. The van der Waals surface area contributed by atoms with E-state index in [-0.39, 0.29) is 5.91 Å². The molecule has 6 nitrogen and oxygen atoms in total. The van der Waals surface area contributed by atoms with Crippen LogP contribution >= 0.6 is 0 Å².